The third kappa shape index (κ3) is 4.41. The largest absolute Gasteiger partial charge is 0.326 e. The number of rotatable bonds is 7. The second kappa shape index (κ2) is 8.61. The highest BCUT2D eigenvalue weighted by molar-refractivity contribution is 7.17. The van der Waals surface area contributed by atoms with E-state index in [4.69, 9.17) is 0 Å². The van der Waals surface area contributed by atoms with Gasteiger partial charge in [-0.05, 0) is 38.0 Å². The Morgan fingerprint density at radius 1 is 1.17 bits per heavy atom. The van der Waals surface area contributed by atoms with Crippen LogP contribution in [0.4, 0.5) is 14.3 Å². The smallest absolute Gasteiger partial charge is 0.318 e. The number of ketones is 1. The van der Waals surface area contributed by atoms with Crippen molar-refractivity contribution in [3.63, 3.8) is 0 Å². The number of hydrogen-bond donors (Lipinski definition) is 0. The van der Waals surface area contributed by atoms with Crippen molar-refractivity contribution in [1.82, 2.24) is 14.9 Å². The first-order valence-electron chi connectivity index (χ1n) is 9.63. The van der Waals surface area contributed by atoms with Crippen LogP contribution in [0.3, 0.4) is 0 Å². The fourth-order valence-corrected chi connectivity index (χ4v) is 5.05. The fraction of sp³-hybridized carbons (Fsp3) is 0.333. The van der Waals surface area contributed by atoms with Crippen molar-refractivity contribution >= 4 is 39.6 Å². The summed E-state index contributed by atoms with van der Waals surface area (Å²) in [4.78, 5) is 38.3. The summed E-state index contributed by atoms with van der Waals surface area (Å²) in [5.74, 6) is -0.273. The first-order chi connectivity index (χ1) is 14.4. The third-order valence-electron chi connectivity index (χ3n) is 4.93. The normalized spacial score (nSPS) is 14.0. The number of benzene rings is 1. The van der Waals surface area contributed by atoms with E-state index in [1.54, 1.807) is 40.2 Å². The van der Waals surface area contributed by atoms with E-state index in [0.29, 0.717) is 48.2 Å². The van der Waals surface area contributed by atoms with Gasteiger partial charge in [0.15, 0.2) is 10.9 Å². The molecule has 0 bridgehead atoms. The molecule has 1 aromatic carbocycles. The summed E-state index contributed by atoms with van der Waals surface area (Å²) < 4.78 is 13.1. The van der Waals surface area contributed by atoms with E-state index in [0.717, 1.165) is 16.3 Å². The number of aromatic nitrogens is 2. The lowest BCUT2D eigenvalue weighted by molar-refractivity contribution is 0.0985. The molecule has 0 spiro atoms. The second-order valence-electron chi connectivity index (χ2n) is 7.17. The van der Waals surface area contributed by atoms with Gasteiger partial charge in [-0.15, -0.1) is 11.3 Å². The van der Waals surface area contributed by atoms with Crippen LogP contribution in [0.2, 0.25) is 0 Å². The van der Waals surface area contributed by atoms with E-state index in [9.17, 15) is 14.0 Å². The molecule has 30 heavy (non-hydrogen) atoms. The Bertz CT molecular complexity index is 1080. The zero-order chi connectivity index (χ0) is 21.3. The first-order valence-corrected chi connectivity index (χ1v) is 11.3. The number of Topliss-reactive ketones (excluding diaryl/α,β-unsaturated/α-hetero) is 1. The summed E-state index contributed by atoms with van der Waals surface area (Å²) >= 11 is 2.85. The van der Waals surface area contributed by atoms with Gasteiger partial charge in [0.1, 0.15) is 5.82 Å². The Morgan fingerprint density at radius 3 is 2.63 bits per heavy atom. The number of nitrogens with zero attached hydrogens (tertiary/aromatic N) is 4. The average molecular weight is 445 g/mol. The lowest BCUT2D eigenvalue weighted by atomic mass is 10.1. The number of aryl methyl sites for hydroxylation is 3. The van der Waals surface area contributed by atoms with Crippen molar-refractivity contribution in [1.29, 1.82) is 0 Å². The van der Waals surface area contributed by atoms with Crippen LogP contribution in [0.1, 0.15) is 38.1 Å². The van der Waals surface area contributed by atoms with Gasteiger partial charge in [0.05, 0.1) is 21.3 Å². The number of hydrogen-bond acceptors (Lipinski definition) is 6. The van der Waals surface area contributed by atoms with Gasteiger partial charge in [0, 0.05) is 31.4 Å². The first kappa shape index (κ1) is 20.6. The maximum atomic E-state index is 13.1. The van der Waals surface area contributed by atoms with Gasteiger partial charge in [-0.25, -0.2) is 19.2 Å². The summed E-state index contributed by atoms with van der Waals surface area (Å²) in [6.45, 7) is 5.23. The standard InChI is InChI=1S/C21H21FN4O2S2/c1-13-19(18(27)8-7-17-12-29-14(2)24-17)30-20(23-13)26-10-9-25(21(26)28)11-15-3-5-16(22)6-4-15/h3-6,12H,7-11H2,1-2H3. The Balaban J connectivity index is 1.41. The minimum absolute atomic E-state index is 0.0247. The average Bonchev–Trinajstić information content (AvgIpc) is 3.41. The zero-order valence-corrected chi connectivity index (χ0v) is 18.4. The molecule has 4 rings (SSSR count). The maximum Gasteiger partial charge on any atom is 0.326 e. The Labute approximate surface area is 182 Å². The predicted octanol–water partition coefficient (Wildman–Crippen LogP) is 4.61. The van der Waals surface area contributed by atoms with Gasteiger partial charge in [-0.2, -0.15) is 0 Å². The van der Waals surface area contributed by atoms with Crippen LogP contribution in [0.5, 0.6) is 0 Å². The maximum absolute atomic E-state index is 13.1. The predicted molar refractivity (Wildman–Crippen MR) is 116 cm³/mol. The number of anilines is 1. The summed E-state index contributed by atoms with van der Waals surface area (Å²) in [7, 11) is 0. The minimum Gasteiger partial charge on any atom is -0.318 e. The van der Waals surface area contributed by atoms with Gasteiger partial charge in [-0.1, -0.05) is 23.5 Å². The van der Waals surface area contributed by atoms with Crippen LogP contribution < -0.4 is 4.90 Å². The molecule has 0 atom stereocenters. The van der Waals surface area contributed by atoms with Gasteiger partial charge in [-0.3, -0.25) is 9.69 Å². The zero-order valence-electron chi connectivity index (χ0n) is 16.7. The summed E-state index contributed by atoms with van der Waals surface area (Å²) in [5.41, 5.74) is 2.45. The summed E-state index contributed by atoms with van der Waals surface area (Å²) in [6, 6.07) is 5.99. The summed E-state index contributed by atoms with van der Waals surface area (Å²) in [5, 5.41) is 3.52. The molecule has 1 aliphatic rings. The second-order valence-corrected chi connectivity index (χ2v) is 9.21. The summed E-state index contributed by atoms with van der Waals surface area (Å²) in [6.07, 6.45) is 0.972. The molecule has 156 valence electrons. The SMILES string of the molecule is Cc1nc(CCC(=O)c2sc(N3CCN(Cc4ccc(F)cc4)C3=O)nc2C)cs1. The highest BCUT2D eigenvalue weighted by Gasteiger charge is 2.32. The molecule has 2 amide bonds. The van der Waals surface area contributed by atoms with Crippen molar-refractivity contribution in [3.8, 4) is 0 Å². The molecular weight excluding hydrogens is 423 g/mol. The van der Waals surface area contributed by atoms with Gasteiger partial charge >= 0.3 is 6.03 Å². The Morgan fingerprint density at radius 2 is 1.93 bits per heavy atom. The molecule has 1 aliphatic heterocycles. The number of urea groups is 1. The van der Waals surface area contributed by atoms with Crippen LogP contribution >= 0.6 is 22.7 Å². The molecule has 0 unspecified atom stereocenters. The van der Waals surface area contributed by atoms with Crippen LogP contribution in [-0.4, -0.2) is 39.8 Å². The van der Waals surface area contributed by atoms with E-state index in [2.05, 4.69) is 9.97 Å². The Kier molecular flexibility index (Phi) is 5.92. The molecule has 6 nitrogen and oxygen atoms in total. The molecule has 0 saturated carbocycles. The van der Waals surface area contributed by atoms with E-state index in [1.807, 2.05) is 12.3 Å². The van der Waals surface area contributed by atoms with Crippen LogP contribution in [-0.2, 0) is 13.0 Å². The number of thiazole rings is 2. The number of carbonyl (C=O) groups excluding carboxylic acids is 2. The highest BCUT2D eigenvalue weighted by Crippen LogP contribution is 2.30. The van der Waals surface area contributed by atoms with Gasteiger partial charge < -0.3 is 4.90 Å². The molecule has 1 fully saturated rings. The van der Waals surface area contributed by atoms with Crippen molar-refractivity contribution in [2.75, 3.05) is 18.0 Å². The molecule has 0 radical (unpaired) electrons. The van der Waals surface area contributed by atoms with E-state index < -0.39 is 0 Å². The van der Waals surface area contributed by atoms with Crippen LogP contribution in [0.15, 0.2) is 29.6 Å². The highest BCUT2D eigenvalue weighted by atomic mass is 32.1. The van der Waals surface area contributed by atoms with Gasteiger partial charge in [0.2, 0.25) is 0 Å². The molecule has 0 aliphatic carbocycles. The van der Waals surface area contributed by atoms with Crippen molar-refractivity contribution in [3.05, 3.63) is 62.3 Å². The van der Waals surface area contributed by atoms with Crippen LogP contribution in [0, 0.1) is 19.7 Å². The van der Waals surface area contributed by atoms with Crippen LogP contribution in [0.25, 0.3) is 0 Å². The quantitative estimate of drug-likeness (QED) is 0.499. The monoisotopic (exact) mass is 444 g/mol. The molecule has 0 N–H and O–H groups in total. The van der Waals surface area contributed by atoms with Gasteiger partial charge in [0.25, 0.3) is 0 Å². The topological polar surface area (TPSA) is 66.4 Å². The molecule has 1 saturated heterocycles. The number of halogens is 1. The molecule has 2 aromatic heterocycles. The molecule has 3 heterocycles. The lowest BCUT2D eigenvalue weighted by Crippen LogP contribution is -2.31. The van der Waals surface area contributed by atoms with E-state index in [-0.39, 0.29) is 17.6 Å². The minimum atomic E-state index is -0.298. The Hall–Kier alpha value is -2.65. The lowest BCUT2D eigenvalue weighted by Gasteiger charge is -2.16. The van der Waals surface area contributed by atoms with Crippen molar-refractivity contribution in [2.45, 2.75) is 33.2 Å². The van der Waals surface area contributed by atoms with E-state index >= 15 is 0 Å². The number of carbonyl (C=O) groups is 2. The third-order valence-corrected chi connectivity index (χ3v) is 6.97. The molecule has 9 heteroatoms. The van der Waals surface area contributed by atoms with E-state index in [1.165, 1.54) is 23.5 Å². The van der Waals surface area contributed by atoms with Crippen molar-refractivity contribution in [2.24, 2.45) is 0 Å². The fourth-order valence-electron chi connectivity index (χ4n) is 3.35. The van der Waals surface area contributed by atoms with Crippen molar-refractivity contribution < 1.29 is 14.0 Å². The molecular formula is C21H21FN4O2S2. The number of amides is 2. The molecule has 3 aromatic rings.